The number of rotatable bonds is 2. The molecule has 4 atom stereocenters. The zero-order valence-corrected chi connectivity index (χ0v) is 12.6. The highest BCUT2D eigenvalue weighted by Crippen LogP contribution is 2.71. The molecule has 104 valence electrons. The maximum Gasteiger partial charge on any atom is 0.227 e. The van der Waals surface area contributed by atoms with E-state index in [4.69, 9.17) is 0 Å². The number of carbonyl (C=O) groups excluding carboxylic acids is 1. The number of aliphatic hydroxyl groups is 1. The van der Waals surface area contributed by atoms with E-state index in [-0.39, 0.29) is 22.7 Å². The van der Waals surface area contributed by atoms with Crippen LogP contribution in [0.4, 0.5) is 0 Å². The highest BCUT2D eigenvalue weighted by Gasteiger charge is 2.70. The molecule has 0 heterocycles. The van der Waals surface area contributed by atoms with Gasteiger partial charge in [-0.2, -0.15) is 0 Å². The second kappa shape index (κ2) is 3.72. The van der Waals surface area contributed by atoms with Gasteiger partial charge < -0.3 is 10.0 Å². The second-order valence-corrected chi connectivity index (χ2v) is 7.37. The quantitative estimate of drug-likeness (QED) is 0.820. The van der Waals surface area contributed by atoms with E-state index in [1.165, 1.54) is 6.42 Å². The Morgan fingerprint density at radius 1 is 1.33 bits per heavy atom. The van der Waals surface area contributed by atoms with E-state index in [1.807, 2.05) is 6.92 Å². The van der Waals surface area contributed by atoms with Crippen molar-refractivity contribution in [3.8, 4) is 0 Å². The third-order valence-electron chi connectivity index (χ3n) is 6.48. The van der Waals surface area contributed by atoms with Gasteiger partial charge in [0, 0.05) is 19.5 Å². The average Bonchev–Trinajstić information content (AvgIpc) is 2.59. The van der Waals surface area contributed by atoms with Gasteiger partial charge in [-0.15, -0.1) is 0 Å². The normalized spacial score (nSPS) is 42.9. The van der Waals surface area contributed by atoms with Gasteiger partial charge in [-0.05, 0) is 30.6 Å². The topological polar surface area (TPSA) is 40.5 Å². The number of amides is 1. The van der Waals surface area contributed by atoms with Crippen LogP contribution in [0, 0.1) is 22.7 Å². The molecule has 0 aromatic carbocycles. The lowest BCUT2D eigenvalue weighted by molar-refractivity contribution is -0.160. The van der Waals surface area contributed by atoms with Crippen LogP contribution in [0.2, 0.25) is 0 Å². The molecule has 0 spiro atoms. The molecule has 2 unspecified atom stereocenters. The van der Waals surface area contributed by atoms with Crippen LogP contribution in [0.3, 0.4) is 0 Å². The standard InChI is InChI=1S/C15H27NO2/c1-10(12(17)16(5)6)15(18)9-11-7-8-14(15,4)13(11,2)3/h10-11,18H,7-9H2,1-6H3/t10?,11-,14-,15?/m1/s1. The summed E-state index contributed by atoms with van der Waals surface area (Å²) in [5.74, 6) is 0.272. The lowest BCUT2D eigenvalue weighted by Crippen LogP contribution is -2.55. The van der Waals surface area contributed by atoms with E-state index in [1.54, 1.807) is 19.0 Å². The molecule has 2 fully saturated rings. The van der Waals surface area contributed by atoms with Crippen LogP contribution in [0.25, 0.3) is 0 Å². The van der Waals surface area contributed by atoms with Gasteiger partial charge in [0.15, 0.2) is 0 Å². The molecule has 2 aliphatic carbocycles. The SMILES string of the molecule is CC(C(=O)N(C)C)C1(O)C[C@H]2CC[C@]1(C)C2(C)C. The molecule has 0 saturated heterocycles. The van der Waals surface area contributed by atoms with Crippen LogP contribution in [-0.2, 0) is 4.79 Å². The van der Waals surface area contributed by atoms with Crippen molar-refractivity contribution in [3.05, 3.63) is 0 Å². The van der Waals surface area contributed by atoms with E-state index in [0.29, 0.717) is 5.92 Å². The molecule has 2 rings (SSSR count). The summed E-state index contributed by atoms with van der Waals surface area (Å²) in [5, 5.41) is 11.2. The van der Waals surface area contributed by atoms with Crippen molar-refractivity contribution in [1.29, 1.82) is 0 Å². The van der Waals surface area contributed by atoms with Crippen LogP contribution in [-0.4, -0.2) is 35.6 Å². The van der Waals surface area contributed by atoms with E-state index < -0.39 is 5.60 Å². The molecule has 0 aromatic rings. The van der Waals surface area contributed by atoms with Crippen molar-refractivity contribution in [1.82, 2.24) is 4.90 Å². The summed E-state index contributed by atoms with van der Waals surface area (Å²) < 4.78 is 0. The molecule has 1 N–H and O–H groups in total. The predicted molar refractivity (Wildman–Crippen MR) is 72.0 cm³/mol. The van der Waals surface area contributed by atoms with Crippen LogP contribution in [0.5, 0.6) is 0 Å². The van der Waals surface area contributed by atoms with E-state index in [0.717, 1.165) is 12.8 Å². The van der Waals surface area contributed by atoms with Gasteiger partial charge in [0.05, 0.1) is 11.5 Å². The molecule has 2 aliphatic rings. The van der Waals surface area contributed by atoms with Crippen molar-refractivity contribution in [2.45, 2.75) is 52.6 Å². The Labute approximate surface area is 111 Å². The Kier molecular flexibility index (Phi) is 2.86. The molecule has 0 aromatic heterocycles. The summed E-state index contributed by atoms with van der Waals surface area (Å²) in [6, 6.07) is 0. The van der Waals surface area contributed by atoms with Gasteiger partial charge in [-0.1, -0.05) is 27.7 Å². The minimum atomic E-state index is -0.846. The van der Waals surface area contributed by atoms with Gasteiger partial charge in [0.2, 0.25) is 5.91 Å². The van der Waals surface area contributed by atoms with Crippen molar-refractivity contribution >= 4 is 5.91 Å². The first-order valence-corrected chi connectivity index (χ1v) is 7.01. The van der Waals surface area contributed by atoms with Gasteiger partial charge in [-0.3, -0.25) is 4.79 Å². The molecule has 0 radical (unpaired) electrons. The number of carbonyl (C=O) groups is 1. The zero-order chi connectivity index (χ0) is 13.9. The molecule has 3 nitrogen and oxygen atoms in total. The summed E-state index contributed by atoms with van der Waals surface area (Å²) in [7, 11) is 3.53. The maximum absolute atomic E-state index is 12.2. The fraction of sp³-hybridized carbons (Fsp3) is 0.933. The lowest BCUT2D eigenvalue weighted by atomic mass is 9.60. The third-order valence-corrected chi connectivity index (χ3v) is 6.48. The molecular weight excluding hydrogens is 226 g/mol. The Balaban J connectivity index is 2.37. The minimum absolute atomic E-state index is 0.0436. The number of fused-ring (bicyclic) bond motifs is 2. The summed E-state index contributed by atoms with van der Waals surface area (Å²) in [6.07, 6.45) is 3.00. The predicted octanol–water partition coefficient (Wildman–Crippen LogP) is 2.29. The van der Waals surface area contributed by atoms with Gasteiger partial charge >= 0.3 is 0 Å². The highest BCUT2D eigenvalue weighted by molar-refractivity contribution is 5.79. The van der Waals surface area contributed by atoms with Gasteiger partial charge in [0.1, 0.15) is 0 Å². The average molecular weight is 253 g/mol. The van der Waals surface area contributed by atoms with E-state index in [2.05, 4.69) is 20.8 Å². The fourth-order valence-corrected chi connectivity index (χ4v) is 4.58. The van der Waals surface area contributed by atoms with Crippen molar-refractivity contribution in [3.63, 3.8) is 0 Å². The molecule has 2 bridgehead atoms. The van der Waals surface area contributed by atoms with Crippen LogP contribution in [0.1, 0.15) is 47.0 Å². The molecular formula is C15H27NO2. The van der Waals surface area contributed by atoms with Crippen molar-refractivity contribution < 1.29 is 9.90 Å². The van der Waals surface area contributed by atoms with E-state index >= 15 is 0 Å². The summed E-state index contributed by atoms with van der Waals surface area (Å²) in [5.41, 5.74) is -0.862. The second-order valence-electron chi connectivity index (χ2n) is 7.37. The summed E-state index contributed by atoms with van der Waals surface area (Å²) in [6.45, 7) is 8.59. The van der Waals surface area contributed by atoms with Crippen LogP contribution >= 0.6 is 0 Å². The first-order valence-electron chi connectivity index (χ1n) is 7.01. The summed E-state index contributed by atoms with van der Waals surface area (Å²) >= 11 is 0. The number of hydrogen-bond donors (Lipinski definition) is 1. The lowest BCUT2D eigenvalue weighted by Gasteiger charge is -2.48. The van der Waals surface area contributed by atoms with Crippen LogP contribution in [0.15, 0.2) is 0 Å². The van der Waals surface area contributed by atoms with Gasteiger partial charge in [-0.25, -0.2) is 0 Å². The monoisotopic (exact) mass is 253 g/mol. The maximum atomic E-state index is 12.2. The molecule has 0 aliphatic heterocycles. The number of nitrogens with zero attached hydrogens (tertiary/aromatic N) is 1. The largest absolute Gasteiger partial charge is 0.388 e. The number of hydrogen-bond acceptors (Lipinski definition) is 2. The Morgan fingerprint density at radius 3 is 2.22 bits per heavy atom. The first-order chi connectivity index (χ1) is 8.08. The zero-order valence-electron chi connectivity index (χ0n) is 12.6. The Hall–Kier alpha value is -0.570. The Bertz CT molecular complexity index is 377. The first kappa shape index (κ1) is 13.9. The minimum Gasteiger partial charge on any atom is -0.388 e. The van der Waals surface area contributed by atoms with Crippen molar-refractivity contribution in [2.75, 3.05) is 14.1 Å². The fourth-order valence-electron chi connectivity index (χ4n) is 4.58. The molecule has 3 heteroatoms. The van der Waals surface area contributed by atoms with Crippen LogP contribution < -0.4 is 0 Å². The van der Waals surface area contributed by atoms with Gasteiger partial charge in [0.25, 0.3) is 0 Å². The summed E-state index contributed by atoms with van der Waals surface area (Å²) in [4.78, 5) is 13.8. The van der Waals surface area contributed by atoms with E-state index in [9.17, 15) is 9.90 Å². The van der Waals surface area contributed by atoms with Crippen molar-refractivity contribution in [2.24, 2.45) is 22.7 Å². The molecule has 1 amide bonds. The molecule has 18 heavy (non-hydrogen) atoms. The molecule has 2 saturated carbocycles. The smallest absolute Gasteiger partial charge is 0.227 e. The highest BCUT2D eigenvalue weighted by atomic mass is 16.3. The third kappa shape index (κ3) is 1.37. The Morgan fingerprint density at radius 2 is 1.89 bits per heavy atom.